The van der Waals surface area contributed by atoms with Gasteiger partial charge in [-0.2, -0.15) is 19.6 Å². The number of hydrogen-bond donors (Lipinski definition) is 0. The molecule has 0 atom stereocenters. The van der Waals surface area contributed by atoms with E-state index in [0.717, 1.165) is 0 Å². The van der Waals surface area contributed by atoms with Crippen LogP contribution in [0.15, 0.2) is 0 Å². The molecule has 104 valence electrons. The predicted octanol–water partition coefficient (Wildman–Crippen LogP) is 3.42. The van der Waals surface area contributed by atoms with Gasteiger partial charge in [0.1, 0.15) is 0 Å². The molecular weight excluding hydrogens is 232 g/mol. The summed E-state index contributed by atoms with van der Waals surface area (Å²) in [5.41, 5.74) is -0.750. The molecule has 3 aliphatic rings. The van der Waals surface area contributed by atoms with Crippen molar-refractivity contribution in [1.82, 2.24) is 0 Å². The first-order valence-corrected chi connectivity index (χ1v) is 6.65. The van der Waals surface area contributed by atoms with Crippen LogP contribution < -0.4 is 0 Å². The highest BCUT2D eigenvalue weighted by atomic mass is 17.4. The van der Waals surface area contributed by atoms with Crippen molar-refractivity contribution < 1.29 is 19.6 Å². The van der Waals surface area contributed by atoms with Crippen LogP contribution in [0.1, 0.15) is 55.4 Å². The Morgan fingerprint density at radius 3 is 0.889 bits per heavy atom. The van der Waals surface area contributed by atoms with Gasteiger partial charge in [-0.3, -0.25) is 0 Å². The van der Waals surface area contributed by atoms with E-state index in [0.29, 0.717) is 0 Å². The SMILES string of the molecule is CC(C)(C)C1(C)C2(OO2)C(C)(C(C)(C)C)C12OO2. The lowest BCUT2D eigenvalue weighted by Gasteiger charge is -2.66. The van der Waals surface area contributed by atoms with E-state index in [-0.39, 0.29) is 21.7 Å². The van der Waals surface area contributed by atoms with E-state index in [9.17, 15) is 0 Å². The van der Waals surface area contributed by atoms with Crippen molar-refractivity contribution >= 4 is 0 Å². The highest BCUT2D eigenvalue weighted by Crippen LogP contribution is 2.89. The summed E-state index contributed by atoms with van der Waals surface area (Å²) >= 11 is 0. The predicted molar refractivity (Wildman–Crippen MR) is 64.9 cm³/mol. The summed E-state index contributed by atoms with van der Waals surface area (Å²) in [5, 5.41) is 0. The van der Waals surface area contributed by atoms with Gasteiger partial charge < -0.3 is 0 Å². The Kier molecular flexibility index (Phi) is 1.90. The van der Waals surface area contributed by atoms with Crippen LogP contribution in [0.2, 0.25) is 0 Å². The fraction of sp³-hybridized carbons (Fsp3) is 1.00. The summed E-state index contributed by atoms with van der Waals surface area (Å²) < 4.78 is 0. The summed E-state index contributed by atoms with van der Waals surface area (Å²) in [6.07, 6.45) is 0. The minimum absolute atomic E-state index is 0.0508. The van der Waals surface area contributed by atoms with Gasteiger partial charge in [0, 0.05) is 0 Å². The standard InChI is InChI=1S/C14H24O4/c1-9(2,3)11(7)13(15-16-13)12(8,10(4,5)6)14(11)17-18-14/h1-8H3. The first-order chi connectivity index (χ1) is 7.91. The molecule has 2 saturated heterocycles. The molecule has 2 spiro atoms. The van der Waals surface area contributed by atoms with Crippen molar-refractivity contribution in [2.24, 2.45) is 21.7 Å². The fourth-order valence-corrected chi connectivity index (χ4v) is 4.10. The molecule has 4 heteroatoms. The molecule has 2 heterocycles. The van der Waals surface area contributed by atoms with Crippen LogP contribution in [-0.4, -0.2) is 11.6 Å². The van der Waals surface area contributed by atoms with Crippen molar-refractivity contribution in [3.63, 3.8) is 0 Å². The van der Waals surface area contributed by atoms with E-state index in [1.54, 1.807) is 0 Å². The summed E-state index contributed by atoms with van der Waals surface area (Å²) in [6, 6.07) is 0. The normalized spacial score (nSPS) is 44.0. The van der Waals surface area contributed by atoms with Gasteiger partial charge in [0.2, 0.25) is 0 Å². The second-order valence-corrected chi connectivity index (χ2v) is 8.32. The molecule has 0 aromatic carbocycles. The minimum atomic E-state index is -0.604. The zero-order chi connectivity index (χ0) is 13.8. The molecule has 0 bridgehead atoms. The zero-order valence-corrected chi connectivity index (χ0v) is 12.6. The molecule has 0 radical (unpaired) electrons. The monoisotopic (exact) mass is 256 g/mol. The van der Waals surface area contributed by atoms with E-state index < -0.39 is 11.6 Å². The summed E-state index contributed by atoms with van der Waals surface area (Å²) in [6.45, 7) is 17.3. The molecule has 0 aromatic rings. The second-order valence-electron chi connectivity index (χ2n) is 8.32. The molecule has 18 heavy (non-hydrogen) atoms. The van der Waals surface area contributed by atoms with Gasteiger partial charge in [-0.25, -0.2) is 0 Å². The van der Waals surface area contributed by atoms with E-state index in [4.69, 9.17) is 19.6 Å². The maximum Gasteiger partial charge on any atom is 0.256 e. The van der Waals surface area contributed by atoms with Gasteiger partial charge >= 0.3 is 0 Å². The molecule has 0 amide bonds. The molecular formula is C14H24O4. The first-order valence-electron chi connectivity index (χ1n) is 6.65. The maximum atomic E-state index is 5.53. The average Bonchev–Trinajstić information content (AvgIpc) is 3.05. The lowest BCUT2D eigenvalue weighted by atomic mass is 9.34. The van der Waals surface area contributed by atoms with E-state index in [2.05, 4.69) is 55.4 Å². The highest BCUT2D eigenvalue weighted by molar-refractivity contribution is 5.35. The van der Waals surface area contributed by atoms with Crippen molar-refractivity contribution in [2.75, 3.05) is 0 Å². The van der Waals surface area contributed by atoms with Crippen molar-refractivity contribution in [3.8, 4) is 0 Å². The van der Waals surface area contributed by atoms with E-state index in [1.807, 2.05) is 0 Å². The first kappa shape index (κ1) is 12.9. The zero-order valence-electron chi connectivity index (χ0n) is 12.6. The van der Waals surface area contributed by atoms with E-state index in [1.165, 1.54) is 0 Å². The third kappa shape index (κ3) is 0.856. The second kappa shape index (κ2) is 2.66. The molecule has 0 unspecified atom stereocenters. The maximum absolute atomic E-state index is 5.53. The van der Waals surface area contributed by atoms with Gasteiger partial charge in [0.25, 0.3) is 11.6 Å². The third-order valence-corrected chi connectivity index (χ3v) is 6.13. The van der Waals surface area contributed by atoms with Crippen LogP contribution in [-0.2, 0) is 19.6 Å². The Morgan fingerprint density at radius 2 is 0.778 bits per heavy atom. The van der Waals surface area contributed by atoms with Crippen LogP contribution in [0, 0.1) is 21.7 Å². The number of hydrogen-bond acceptors (Lipinski definition) is 4. The largest absolute Gasteiger partial charge is 0.256 e. The Hall–Kier alpha value is -0.160. The molecule has 0 aromatic heterocycles. The Balaban J connectivity index is 2.16. The fourth-order valence-electron chi connectivity index (χ4n) is 4.10. The lowest BCUT2D eigenvalue weighted by molar-refractivity contribution is -0.316. The molecule has 1 aliphatic carbocycles. The van der Waals surface area contributed by atoms with Crippen LogP contribution >= 0.6 is 0 Å². The van der Waals surface area contributed by atoms with Crippen LogP contribution in [0.4, 0.5) is 0 Å². The molecule has 2 aliphatic heterocycles. The Bertz CT molecular complexity index is 352. The Morgan fingerprint density at radius 1 is 0.556 bits per heavy atom. The minimum Gasteiger partial charge on any atom is -0.193 e. The summed E-state index contributed by atoms with van der Waals surface area (Å²) in [5.74, 6) is -1.21. The van der Waals surface area contributed by atoms with Crippen molar-refractivity contribution in [3.05, 3.63) is 0 Å². The average molecular weight is 256 g/mol. The quantitative estimate of drug-likeness (QED) is 0.492. The van der Waals surface area contributed by atoms with Gasteiger partial charge in [-0.05, 0) is 24.7 Å². The molecule has 3 rings (SSSR count). The van der Waals surface area contributed by atoms with Crippen molar-refractivity contribution in [1.29, 1.82) is 0 Å². The lowest BCUT2D eigenvalue weighted by Crippen LogP contribution is -2.82. The smallest absolute Gasteiger partial charge is 0.193 e. The number of rotatable bonds is 0. The molecule has 4 nitrogen and oxygen atoms in total. The summed E-state index contributed by atoms with van der Waals surface area (Å²) in [4.78, 5) is 22.1. The third-order valence-electron chi connectivity index (χ3n) is 6.13. The van der Waals surface area contributed by atoms with E-state index >= 15 is 0 Å². The van der Waals surface area contributed by atoms with Gasteiger partial charge in [-0.15, -0.1) is 0 Å². The molecule has 1 saturated carbocycles. The van der Waals surface area contributed by atoms with Gasteiger partial charge in [0.15, 0.2) is 0 Å². The topological polar surface area (TPSA) is 50.1 Å². The van der Waals surface area contributed by atoms with Gasteiger partial charge in [0.05, 0.1) is 10.8 Å². The summed E-state index contributed by atoms with van der Waals surface area (Å²) in [7, 11) is 0. The van der Waals surface area contributed by atoms with Crippen LogP contribution in [0.3, 0.4) is 0 Å². The van der Waals surface area contributed by atoms with Crippen LogP contribution in [0.25, 0.3) is 0 Å². The Labute approximate surface area is 109 Å². The highest BCUT2D eigenvalue weighted by Gasteiger charge is 3.04. The molecule has 3 fully saturated rings. The van der Waals surface area contributed by atoms with Gasteiger partial charge in [-0.1, -0.05) is 41.5 Å². The van der Waals surface area contributed by atoms with Crippen LogP contribution in [0.5, 0.6) is 0 Å². The van der Waals surface area contributed by atoms with Crippen molar-refractivity contribution in [2.45, 2.75) is 67.0 Å². The molecule has 0 N–H and O–H groups in total.